The van der Waals surface area contributed by atoms with Crippen molar-refractivity contribution in [3.63, 3.8) is 0 Å². The van der Waals surface area contributed by atoms with E-state index in [4.69, 9.17) is 23.7 Å². The van der Waals surface area contributed by atoms with E-state index in [1.807, 2.05) is 36.4 Å². The Morgan fingerprint density at radius 2 is 1.88 bits per heavy atom. The Bertz CT molecular complexity index is 757. The topological polar surface area (TPSA) is 49.4 Å². The highest BCUT2D eigenvalue weighted by Gasteiger charge is 2.29. The largest absolute Gasteiger partial charge is 0.497 e. The summed E-state index contributed by atoms with van der Waals surface area (Å²) in [5.41, 5.74) is 1.14. The fourth-order valence-corrected chi connectivity index (χ4v) is 3.13. The van der Waals surface area contributed by atoms with Crippen LogP contribution in [0, 0.1) is 0 Å². The summed E-state index contributed by atoms with van der Waals surface area (Å²) < 4.78 is 27.5. The standard InChI is InChI=1S/C19H21NO5/c1-21-14-4-3-5-15(8-14)25-16-10-20(11-16)9-13-6-17(22-2)19-18(7-13)23-12-24-19/h3-8,16H,9-12H2,1-2H3. The molecule has 132 valence electrons. The third-order valence-electron chi connectivity index (χ3n) is 4.39. The number of fused-ring (bicyclic) bond motifs is 1. The lowest BCUT2D eigenvalue weighted by Gasteiger charge is -2.39. The number of benzene rings is 2. The minimum absolute atomic E-state index is 0.197. The average Bonchev–Trinajstić information content (AvgIpc) is 3.08. The highest BCUT2D eigenvalue weighted by Crippen LogP contribution is 2.42. The molecule has 25 heavy (non-hydrogen) atoms. The van der Waals surface area contributed by atoms with Crippen LogP contribution in [0.2, 0.25) is 0 Å². The summed E-state index contributed by atoms with van der Waals surface area (Å²) in [6.45, 7) is 2.84. The number of rotatable bonds is 6. The maximum Gasteiger partial charge on any atom is 0.231 e. The molecular formula is C19H21NO5. The number of likely N-dealkylation sites (tertiary alicyclic amines) is 1. The Labute approximate surface area is 146 Å². The van der Waals surface area contributed by atoms with E-state index in [-0.39, 0.29) is 12.9 Å². The number of methoxy groups -OCH3 is 2. The zero-order valence-electron chi connectivity index (χ0n) is 14.4. The quantitative estimate of drug-likeness (QED) is 0.804. The average molecular weight is 343 g/mol. The predicted molar refractivity (Wildman–Crippen MR) is 91.8 cm³/mol. The molecule has 1 fully saturated rings. The molecule has 0 bridgehead atoms. The fraction of sp³-hybridized carbons (Fsp3) is 0.368. The minimum Gasteiger partial charge on any atom is -0.497 e. The van der Waals surface area contributed by atoms with Crippen LogP contribution in [0.15, 0.2) is 36.4 Å². The van der Waals surface area contributed by atoms with E-state index in [9.17, 15) is 0 Å². The van der Waals surface area contributed by atoms with Crippen LogP contribution in [0.5, 0.6) is 28.7 Å². The molecule has 0 amide bonds. The predicted octanol–water partition coefficient (Wildman–Crippen LogP) is 2.70. The van der Waals surface area contributed by atoms with Crippen LogP contribution in [-0.4, -0.2) is 45.1 Å². The summed E-state index contributed by atoms with van der Waals surface area (Å²) >= 11 is 0. The van der Waals surface area contributed by atoms with E-state index in [0.717, 1.165) is 48.2 Å². The van der Waals surface area contributed by atoms with Crippen molar-refractivity contribution in [2.45, 2.75) is 12.6 Å². The van der Waals surface area contributed by atoms with Gasteiger partial charge in [-0.3, -0.25) is 4.90 Å². The van der Waals surface area contributed by atoms with Gasteiger partial charge in [0.05, 0.1) is 14.2 Å². The van der Waals surface area contributed by atoms with Gasteiger partial charge in [0.2, 0.25) is 12.5 Å². The first-order valence-electron chi connectivity index (χ1n) is 8.24. The molecule has 6 heteroatoms. The normalized spacial score (nSPS) is 16.4. The molecule has 0 unspecified atom stereocenters. The van der Waals surface area contributed by atoms with Crippen LogP contribution in [-0.2, 0) is 6.54 Å². The second-order valence-electron chi connectivity index (χ2n) is 6.14. The van der Waals surface area contributed by atoms with Gasteiger partial charge >= 0.3 is 0 Å². The van der Waals surface area contributed by atoms with Gasteiger partial charge in [-0.15, -0.1) is 0 Å². The molecule has 2 aliphatic rings. The third kappa shape index (κ3) is 3.30. The van der Waals surface area contributed by atoms with Crippen molar-refractivity contribution in [1.82, 2.24) is 4.90 Å². The lowest BCUT2D eigenvalue weighted by molar-refractivity contribution is 0.0144. The molecule has 2 aromatic carbocycles. The van der Waals surface area contributed by atoms with Gasteiger partial charge in [0, 0.05) is 25.7 Å². The molecule has 1 saturated heterocycles. The van der Waals surface area contributed by atoms with Crippen LogP contribution in [0.1, 0.15) is 5.56 Å². The van der Waals surface area contributed by atoms with Gasteiger partial charge in [0.1, 0.15) is 17.6 Å². The number of nitrogens with zero attached hydrogens (tertiary/aromatic N) is 1. The second-order valence-corrected chi connectivity index (χ2v) is 6.14. The number of ether oxygens (including phenoxy) is 5. The van der Waals surface area contributed by atoms with E-state index in [1.165, 1.54) is 0 Å². The van der Waals surface area contributed by atoms with Crippen LogP contribution >= 0.6 is 0 Å². The summed E-state index contributed by atoms with van der Waals surface area (Å²) in [4.78, 5) is 2.32. The van der Waals surface area contributed by atoms with Gasteiger partial charge in [-0.1, -0.05) is 6.07 Å². The van der Waals surface area contributed by atoms with Gasteiger partial charge in [0.25, 0.3) is 0 Å². The van der Waals surface area contributed by atoms with Gasteiger partial charge < -0.3 is 23.7 Å². The Morgan fingerprint density at radius 1 is 1.04 bits per heavy atom. The third-order valence-corrected chi connectivity index (χ3v) is 4.39. The summed E-state index contributed by atoms with van der Waals surface area (Å²) in [5.74, 6) is 3.80. The second kappa shape index (κ2) is 6.72. The van der Waals surface area contributed by atoms with Gasteiger partial charge in [0.15, 0.2) is 11.5 Å². The van der Waals surface area contributed by atoms with Crippen molar-refractivity contribution >= 4 is 0 Å². The molecule has 2 aliphatic heterocycles. The zero-order valence-corrected chi connectivity index (χ0v) is 14.4. The Balaban J connectivity index is 1.34. The summed E-state index contributed by atoms with van der Waals surface area (Å²) in [6, 6.07) is 11.7. The lowest BCUT2D eigenvalue weighted by Crippen LogP contribution is -2.53. The molecule has 2 heterocycles. The monoisotopic (exact) mass is 343 g/mol. The molecular weight excluding hydrogens is 322 g/mol. The van der Waals surface area contributed by atoms with Crippen molar-refractivity contribution in [2.75, 3.05) is 34.1 Å². The minimum atomic E-state index is 0.197. The first-order chi connectivity index (χ1) is 12.2. The summed E-state index contributed by atoms with van der Waals surface area (Å²) in [5, 5.41) is 0. The SMILES string of the molecule is COc1cccc(OC2CN(Cc3cc(OC)c4c(c3)OCO4)C2)c1. The summed E-state index contributed by atoms with van der Waals surface area (Å²) in [6.07, 6.45) is 0.197. The van der Waals surface area contributed by atoms with E-state index in [1.54, 1.807) is 14.2 Å². The fourth-order valence-electron chi connectivity index (χ4n) is 3.13. The van der Waals surface area contributed by atoms with E-state index in [0.29, 0.717) is 5.75 Å². The molecule has 0 aromatic heterocycles. The van der Waals surface area contributed by atoms with Crippen molar-refractivity contribution in [3.05, 3.63) is 42.0 Å². The molecule has 0 spiro atoms. The van der Waals surface area contributed by atoms with Gasteiger partial charge in [-0.05, 0) is 29.8 Å². The lowest BCUT2D eigenvalue weighted by atomic mass is 10.1. The van der Waals surface area contributed by atoms with Crippen molar-refractivity contribution in [3.8, 4) is 28.7 Å². The molecule has 2 aromatic rings. The van der Waals surface area contributed by atoms with Gasteiger partial charge in [-0.25, -0.2) is 0 Å². The van der Waals surface area contributed by atoms with Crippen LogP contribution in [0.4, 0.5) is 0 Å². The first kappa shape index (κ1) is 15.9. The first-order valence-corrected chi connectivity index (χ1v) is 8.24. The van der Waals surface area contributed by atoms with E-state index < -0.39 is 0 Å². The summed E-state index contributed by atoms with van der Waals surface area (Å²) in [7, 11) is 3.30. The Hall–Kier alpha value is -2.60. The molecule has 0 N–H and O–H groups in total. The maximum absolute atomic E-state index is 5.99. The molecule has 0 saturated carbocycles. The Morgan fingerprint density at radius 3 is 2.68 bits per heavy atom. The van der Waals surface area contributed by atoms with Crippen molar-refractivity contribution in [1.29, 1.82) is 0 Å². The zero-order chi connectivity index (χ0) is 17.2. The van der Waals surface area contributed by atoms with E-state index >= 15 is 0 Å². The molecule has 4 rings (SSSR count). The molecule has 6 nitrogen and oxygen atoms in total. The Kier molecular flexibility index (Phi) is 4.28. The van der Waals surface area contributed by atoms with E-state index in [2.05, 4.69) is 4.90 Å². The van der Waals surface area contributed by atoms with Crippen LogP contribution in [0.25, 0.3) is 0 Å². The number of hydrogen-bond donors (Lipinski definition) is 0. The van der Waals surface area contributed by atoms with Crippen molar-refractivity contribution < 1.29 is 23.7 Å². The van der Waals surface area contributed by atoms with Crippen LogP contribution in [0.3, 0.4) is 0 Å². The molecule has 0 aliphatic carbocycles. The van der Waals surface area contributed by atoms with Gasteiger partial charge in [-0.2, -0.15) is 0 Å². The molecule has 0 radical (unpaired) electrons. The van der Waals surface area contributed by atoms with Crippen molar-refractivity contribution in [2.24, 2.45) is 0 Å². The smallest absolute Gasteiger partial charge is 0.231 e. The maximum atomic E-state index is 5.99. The van der Waals surface area contributed by atoms with Crippen LogP contribution < -0.4 is 23.7 Å². The highest BCUT2D eigenvalue weighted by molar-refractivity contribution is 5.55. The highest BCUT2D eigenvalue weighted by atomic mass is 16.7. The molecule has 0 atom stereocenters. The number of hydrogen-bond acceptors (Lipinski definition) is 6.